The first-order valence-electron chi connectivity index (χ1n) is 9.94. The van der Waals surface area contributed by atoms with Crippen molar-refractivity contribution in [3.8, 4) is 22.6 Å². The highest BCUT2D eigenvalue weighted by molar-refractivity contribution is 6.36. The summed E-state index contributed by atoms with van der Waals surface area (Å²) in [6.07, 6.45) is 7.13. The molecule has 3 heterocycles. The normalized spacial score (nSPS) is 10.4. The molecule has 3 aromatic heterocycles. The highest BCUT2D eigenvalue weighted by atomic mass is 28.3. The van der Waals surface area contributed by atoms with Gasteiger partial charge >= 0.3 is 9.53 Å². The molecule has 0 aliphatic carbocycles. The van der Waals surface area contributed by atoms with Crippen LogP contribution in [0, 0.1) is 0 Å². The van der Waals surface area contributed by atoms with Crippen molar-refractivity contribution in [1.82, 2.24) is 15.0 Å². The molecule has 7 heteroatoms. The van der Waals surface area contributed by atoms with Crippen LogP contribution in [-0.4, -0.2) is 44.3 Å². The smallest absolute Gasteiger partial charge is 0.371 e. The average Bonchev–Trinajstić information content (AvgIpc) is 2.80. The van der Waals surface area contributed by atoms with Crippen LogP contribution in [0.4, 0.5) is 0 Å². The molecular formula is C23H28N3O3Si. The second kappa shape index (κ2) is 13.5. The van der Waals surface area contributed by atoms with Crippen LogP contribution < -0.4 is 0 Å². The first-order valence-corrected chi connectivity index (χ1v) is 11.2. The van der Waals surface area contributed by atoms with E-state index in [-0.39, 0.29) is 0 Å². The third kappa shape index (κ3) is 6.96. The number of hydrogen-bond acceptors (Lipinski definition) is 6. The highest BCUT2D eigenvalue weighted by Gasteiger charge is 2.15. The third-order valence-electron chi connectivity index (χ3n) is 3.82. The Hall–Kier alpha value is -2.71. The molecule has 0 saturated carbocycles. The average molecular weight is 423 g/mol. The summed E-state index contributed by atoms with van der Waals surface area (Å²) in [6.45, 7) is 11.7. The largest absolute Gasteiger partial charge is 0.577 e. The van der Waals surface area contributed by atoms with E-state index in [0.29, 0.717) is 19.8 Å². The van der Waals surface area contributed by atoms with E-state index in [0.717, 1.165) is 28.2 Å². The van der Waals surface area contributed by atoms with E-state index in [2.05, 4.69) is 21.5 Å². The van der Waals surface area contributed by atoms with Crippen LogP contribution in [0.25, 0.3) is 28.7 Å². The molecule has 0 aliphatic rings. The van der Waals surface area contributed by atoms with E-state index in [1.54, 1.807) is 18.6 Å². The van der Waals surface area contributed by atoms with E-state index < -0.39 is 9.53 Å². The van der Waals surface area contributed by atoms with Gasteiger partial charge in [-0.15, -0.1) is 0 Å². The number of hydrogen-bond donors (Lipinski definition) is 0. The zero-order chi connectivity index (χ0) is 21.6. The molecule has 0 N–H and O–H groups in total. The zero-order valence-corrected chi connectivity index (χ0v) is 18.7. The Morgan fingerprint density at radius 2 is 1.33 bits per heavy atom. The fourth-order valence-corrected chi connectivity index (χ4v) is 3.56. The van der Waals surface area contributed by atoms with Gasteiger partial charge in [0, 0.05) is 44.0 Å². The predicted octanol–water partition coefficient (Wildman–Crippen LogP) is 4.93. The Balaban J connectivity index is 0.000000274. The molecule has 0 atom stereocenters. The van der Waals surface area contributed by atoms with Gasteiger partial charge in [0.1, 0.15) is 0 Å². The lowest BCUT2D eigenvalue weighted by Gasteiger charge is -2.10. The topological polar surface area (TPSA) is 66.4 Å². The van der Waals surface area contributed by atoms with Crippen LogP contribution >= 0.6 is 0 Å². The Kier molecular flexibility index (Phi) is 10.6. The molecule has 0 aromatic carbocycles. The minimum Gasteiger partial charge on any atom is -0.371 e. The molecule has 157 valence electrons. The Bertz CT molecular complexity index is 865. The second-order valence-corrected chi connectivity index (χ2v) is 7.17. The van der Waals surface area contributed by atoms with Crippen molar-refractivity contribution in [3.63, 3.8) is 0 Å². The highest BCUT2D eigenvalue weighted by Crippen LogP contribution is 2.31. The van der Waals surface area contributed by atoms with E-state index in [1.807, 2.05) is 69.3 Å². The molecule has 30 heavy (non-hydrogen) atoms. The molecule has 0 aliphatic heterocycles. The molecular weight excluding hydrogens is 394 g/mol. The van der Waals surface area contributed by atoms with Gasteiger partial charge in [-0.1, -0.05) is 24.8 Å². The second-order valence-electron chi connectivity index (χ2n) is 5.81. The van der Waals surface area contributed by atoms with Gasteiger partial charge in [0.15, 0.2) is 0 Å². The summed E-state index contributed by atoms with van der Waals surface area (Å²) in [6, 6.07) is 13.5. The van der Waals surface area contributed by atoms with Crippen molar-refractivity contribution in [1.29, 1.82) is 0 Å². The molecule has 3 aromatic rings. The van der Waals surface area contributed by atoms with Crippen LogP contribution in [-0.2, 0) is 13.3 Å². The lowest BCUT2D eigenvalue weighted by molar-refractivity contribution is 0.107. The molecule has 6 nitrogen and oxygen atoms in total. The summed E-state index contributed by atoms with van der Waals surface area (Å²) < 4.78 is 15.5. The third-order valence-corrected chi connectivity index (χ3v) is 5.39. The van der Waals surface area contributed by atoms with Crippen molar-refractivity contribution in [2.24, 2.45) is 0 Å². The minimum absolute atomic E-state index is 0.661. The summed E-state index contributed by atoms with van der Waals surface area (Å²) >= 11 is 0. The standard InChI is InChI=1S/C17H13N3.C6H15O3Si/c1-2-13-9-12-20-17(15-8-4-6-11-19-15)16(13)14-7-3-5-10-18-14;1-4-7-10(8-5-2)9-6-3/h2-12H,1H2;4-6H2,1-3H3. The maximum Gasteiger partial charge on any atom is 0.577 e. The fraction of sp³-hybridized carbons (Fsp3) is 0.261. The monoisotopic (exact) mass is 422 g/mol. The Morgan fingerprint density at radius 1 is 0.767 bits per heavy atom. The van der Waals surface area contributed by atoms with Crippen LogP contribution in [0.1, 0.15) is 26.3 Å². The molecule has 0 spiro atoms. The van der Waals surface area contributed by atoms with Gasteiger partial charge in [-0.2, -0.15) is 0 Å². The SMILES string of the molecule is C=Cc1ccnc(-c2ccccn2)c1-c1ccccn1.CCO[Si](OCC)OCC. The van der Waals surface area contributed by atoms with Crippen LogP contribution in [0.5, 0.6) is 0 Å². The molecule has 1 radical (unpaired) electrons. The fourth-order valence-electron chi connectivity index (χ4n) is 2.60. The lowest BCUT2D eigenvalue weighted by Crippen LogP contribution is -2.27. The number of rotatable bonds is 9. The summed E-state index contributed by atoms with van der Waals surface area (Å²) in [7, 11) is -1.40. The molecule has 0 saturated heterocycles. The van der Waals surface area contributed by atoms with Gasteiger partial charge in [0.25, 0.3) is 0 Å². The van der Waals surface area contributed by atoms with Crippen molar-refractivity contribution < 1.29 is 13.3 Å². The Labute approximate surface area is 180 Å². The van der Waals surface area contributed by atoms with Gasteiger partial charge < -0.3 is 13.3 Å². The first kappa shape index (κ1) is 23.6. The minimum atomic E-state index is -1.40. The van der Waals surface area contributed by atoms with Crippen LogP contribution in [0.3, 0.4) is 0 Å². The van der Waals surface area contributed by atoms with Gasteiger partial charge in [0.05, 0.1) is 17.1 Å². The van der Waals surface area contributed by atoms with E-state index in [4.69, 9.17) is 13.3 Å². The van der Waals surface area contributed by atoms with Crippen molar-refractivity contribution in [2.45, 2.75) is 20.8 Å². The van der Waals surface area contributed by atoms with Crippen molar-refractivity contribution in [2.75, 3.05) is 19.8 Å². The molecule has 0 bridgehead atoms. The molecule has 0 fully saturated rings. The number of aromatic nitrogens is 3. The summed E-state index contributed by atoms with van der Waals surface area (Å²) in [4.78, 5) is 13.3. The quantitative estimate of drug-likeness (QED) is 0.456. The molecule has 3 rings (SSSR count). The summed E-state index contributed by atoms with van der Waals surface area (Å²) in [5.41, 5.74) is 4.48. The number of nitrogens with zero attached hydrogens (tertiary/aromatic N) is 3. The summed E-state index contributed by atoms with van der Waals surface area (Å²) in [5.74, 6) is 0. The van der Waals surface area contributed by atoms with Gasteiger partial charge in [0.2, 0.25) is 0 Å². The van der Waals surface area contributed by atoms with E-state index >= 15 is 0 Å². The molecule has 0 unspecified atom stereocenters. The Morgan fingerprint density at radius 3 is 1.80 bits per heavy atom. The van der Waals surface area contributed by atoms with E-state index in [1.165, 1.54) is 0 Å². The first-order chi connectivity index (χ1) is 14.7. The van der Waals surface area contributed by atoms with Gasteiger partial charge in [-0.3, -0.25) is 15.0 Å². The predicted molar refractivity (Wildman–Crippen MR) is 121 cm³/mol. The lowest BCUT2D eigenvalue weighted by atomic mass is 10.0. The number of pyridine rings is 3. The van der Waals surface area contributed by atoms with Crippen LogP contribution in [0.2, 0.25) is 0 Å². The van der Waals surface area contributed by atoms with Gasteiger partial charge in [-0.05, 0) is 56.7 Å². The van der Waals surface area contributed by atoms with Crippen molar-refractivity contribution >= 4 is 15.6 Å². The maximum absolute atomic E-state index is 5.18. The zero-order valence-electron chi connectivity index (χ0n) is 17.7. The van der Waals surface area contributed by atoms with E-state index in [9.17, 15) is 0 Å². The maximum atomic E-state index is 5.18. The van der Waals surface area contributed by atoms with Crippen molar-refractivity contribution in [3.05, 3.63) is 73.2 Å². The van der Waals surface area contributed by atoms with Crippen LogP contribution in [0.15, 0.2) is 67.6 Å². The van der Waals surface area contributed by atoms with Gasteiger partial charge in [-0.25, -0.2) is 0 Å². The molecule has 0 amide bonds. The summed E-state index contributed by atoms with van der Waals surface area (Å²) in [5, 5.41) is 0.